The Balaban J connectivity index is 0.00000162. The fourth-order valence-corrected chi connectivity index (χ4v) is 1.92. The summed E-state index contributed by atoms with van der Waals surface area (Å²) in [6, 6.07) is 12.7. The molecule has 0 aliphatic heterocycles. The third-order valence-electron chi connectivity index (χ3n) is 2.84. The zero-order valence-electron chi connectivity index (χ0n) is 10.9. The van der Waals surface area contributed by atoms with Crippen LogP contribution in [0.25, 0.3) is 0 Å². The predicted octanol–water partition coefficient (Wildman–Crippen LogP) is 2.48. The number of halogens is 1. The summed E-state index contributed by atoms with van der Waals surface area (Å²) in [5, 5.41) is 7.77. The molecule has 0 spiro atoms. The Hall–Kier alpha value is -1.32. The van der Waals surface area contributed by atoms with Crippen molar-refractivity contribution in [2.45, 2.75) is 19.9 Å². The molecule has 2 rings (SSSR count). The fourth-order valence-electron chi connectivity index (χ4n) is 1.92. The maximum Gasteiger partial charge on any atom is 0.0597 e. The van der Waals surface area contributed by atoms with Crippen LogP contribution in [-0.4, -0.2) is 16.3 Å². The van der Waals surface area contributed by atoms with Crippen LogP contribution in [0, 0.1) is 6.92 Å². The lowest BCUT2D eigenvalue weighted by Crippen LogP contribution is -2.18. The summed E-state index contributed by atoms with van der Waals surface area (Å²) in [4.78, 5) is 0. The minimum Gasteiger partial charge on any atom is -0.311 e. The van der Waals surface area contributed by atoms with Crippen LogP contribution >= 0.6 is 12.4 Å². The van der Waals surface area contributed by atoms with Crippen LogP contribution in [0.4, 0.5) is 0 Å². The van der Waals surface area contributed by atoms with E-state index in [0.717, 1.165) is 25.2 Å². The van der Waals surface area contributed by atoms with Gasteiger partial charge in [-0.05, 0) is 31.5 Å². The summed E-state index contributed by atoms with van der Waals surface area (Å²) in [5.74, 6) is 0. The molecule has 0 saturated carbocycles. The second-order valence-corrected chi connectivity index (χ2v) is 4.31. The van der Waals surface area contributed by atoms with E-state index in [1.165, 1.54) is 11.3 Å². The SMILES string of the molecule is Cc1cc(CNCCc2ccccc2)n(C)n1.Cl. The number of rotatable bonds is 5. The predicted molar refractivity (Wildman–Crippen MR) is 77.0 cm³/mol. The maximum atomic E-state index is 4.32. The summed E-state index contributed by atoms with van der Waals surface area (Å²) in [6.45, 7) is 3.89. The summed E-state index contributed by atoms with van der Waals surface area (Å²) in [5.41, 5.74) is 3.68. The molecule has 1 heterocycles. The number of hydrogen-bond donors (Lipinski definition) is 1. The van der Waals surface area contributed by atoms with E-state index in [-0.39, 0.29) is 12.4 Å². The molecule has 3 nitrogen and oxygen atoms in total. The quantitative estimate of drug-likeness (QED) is 0.842. The van der Waals surface area contributed by atoms with Crippen LogP contribution in [0.3, 0.4) is 0 Å². The van der Waals surface area contributed by atoms with Crippen molar-refractivity contribution >= 4 is 12.4 Å². The zero-order valence-corrected chi connectivity index (χ0v) is 11.7. The minimum atomic E-state index is 0. The average molecular weight is 266 g/mol. The second kappa shape index (κ2) is 7.19. The maximum absolute atomic E-state index is 4.32. The highest BCUT2D eigenvalue weighted by Gasteiger charge is 2.00. The highest BCUT2D eigenvalue weighted by Crippen LogP contribution is 2.02. The lowest BCUT2D eigenvalue weighted by atomic mass is 10.1. The van der Waals surface area contributed by atoms with Gasteiger partial charge in [-0.3, -0.25) is 4.68 Å². The van der Waals surface area contributed by atoms with E-state index in [0.29, 0.717) is 0 Å². The van der Waals surface area contributed by atoms with Crippen LogP contribution in [0.1, 0.15) is 17.0 Å². The van der Waals surface area contributed by atoms with Crippen LogP contribution in [0.5, 0.6) is 0 Å². The Kier molecular flexibility index (Phi) is 5.89. The fraction of sp³-hybridized carbons (Fsp3) is 0.357. The molecular weight excluding hydrogens is 246 g/mol. The normalized spacial score (nSPS) is 10.1. The van der Waals surface area contributed by atoms with Gasteiger partial charge in [0.2, 0.25) is 0 Å². The Morgan fingerprint density at radius 2 is 1.94 bits per heavy atom. The van der Waals surface area contributed by atoms with Gasteiger partial charge in [-0.25, -0.2) is 0 Å². The van der Waals surface area contributed by atoms with Gasteiger partial charge in [0.1, 0.15) is 0 Å². The van der Waals surface area contributed by atoms with Gasteiger partial charge in [0.15, 0.2) is 0 Å². The van der Waals surface area contributed by atoms with Crippen LogP contribution in [0.15, 0.2) is 36.4 Å². The lowest BCUT2D eigenvalue weighted by molar-refractivity contribution is 0.624. The Bertz CT molecular complexity index is 465. The van der Waals surface area contributed by atoms with Gasteiger partial charge in [-0.2, -0.15) is 5.10 Å². The van der Waals surface area contributed by atoms with Crippen molar-refractivity contribution < 1.29 is 0 Å². The highest BCUT2D eigenvalue weighted by atomic mass is 35.5. The molecule has 0 unspecified atom stereocenters. The summed E-state index contributed by atoms with van der Waals surface area (Å²) < 4.78 is 1.94. The molecule has 0 fully saturated rings. The topological polar surface area (TPSA) is 29.9 Å². The summed E-state index contributed by atoms with van der Waals surface area (Å²) >= 11 is 0. The molecule has 4 heteroatoms. The zero-order chi connectivity index (χ0) is 12.1. The van der Waals surface area contributed by atoms with Gasteiger partial charge in [-0.15, -0.1) is 12.4 Å². The van der Waals surface area contributed by atoms with Gasteiger partial charge in [0.25, 0.3) is 0 Å². The van der Waals surface area contributed by atoms with E-state index >= 15 is 0 Å². The van der Waals surface area contributed by atoms with Gasteiger partial charge in [0.05, 0.1) is 11.4 Å². The molecule has 2 aromatic rings. The van der Waals surface area contributed by atoms with E-state index in [1.54, 1.807) is 0 Å². The molecule has 1 N–H and O–H groups in total. The van der Waals surface area contributed by atoms with Gasteiger partial charge < -0.3 is 5.32 Å². The summed E-state index contributed by atoms with van der Waals surface area (Å²) in [7, 11) is 1.99. The van der Waals surface area contributed by atoms with Crippen LogP contribution < -0.4 is 5.32 Å². The van der Waals surface area contributed by atoms with Crippen molar-refractivity contribution in [3.63, 3.8) is 0 Å². The monoisotopic (exact) mass is 265 g/mol. The van der Waals surface area contributed by atoms with Crippen molar-refractivity contribution in [3.8, 4) is 0 Å². The molecule has 0 aliphatic rings. The lowest BCUT2D eigenvalue weighted by Gasteiger charge is -2.05. The van der Waals surface area contributed by atoms with E-state index in [4.69, 9.17) is 0 Å². The molecule has 0 atom stereocenters. The van der Waals surface area contributed by atoms with Gasteiger partial charge >= 0.3 is 0 Å². The van der Waals surface area contributed by atoms with Crippen molar-refractivity contribution in [3.05, 3.63) is 53.3 Å². The summed E-state index contributed by atoms with van der Waals surface area (Å²) in [6.07, 6.45) is 1.07. The first-order valence-electron chi connectivity index (χ1n) is 6.00. The number of benzene rings is 1. The van der Waals surface area contributed by atoms with Crippen molar-refractivity contribution in [1.82, 2.24) is 15.1 Å². The van der Waals surface area contributed by atoms with Crippen LogP contribution in [-0.2, 0) is 20.0 Å². The molecule has 0 aliphatic carbocycles. The Morgan fingerprint density at radius 1 is 1.22 bits per heavy atom. The Morgan fingerprint density at radius 3 is 2.56 bits per heavy atom. The minimum absolute atomic E-state index is 0. The number of aromatic nitrogens is 2. The highest BCUT2D eigenvalue weighted by molar-refractivity contribution is 5.85. The van der Waals surface area contributed by atoms with Crippen molar-refractivity contribution in [2.75, 3.05) is 6.54 Å². The molecule has 18 heavy (non-hydrogen) atoms. The first-order chi connectivity index (χ1) is 8.25. The smallest absolute Gasteiger partial charge is 0.0597 e. The molecule has 0 saturated heterocycles. The van der Waals surface area contributed by atoms with E-state index in [1.807, 2.05) is 18.7 Å². The molecular formula is C14H20ClN3. The average Bonchev–Trinajstić information content (AvgIpc) is 2.65. The number of nitrogens with zero attached hydrogens (tertiary/aromatic N) is 2. The molecule has 98 valence electrons. The third-order valence-corrected chi connectivity index (χ3v) is 2.84. The largest absolute Gasteiger partial charge is 0.311 e. The van der Waals surface area contributed by atoms with E-state index in [2.05, 4.69) is 46.8 Å². The molecule has 1 aromatic carbocycles. The van der Waals surface area contributed by atoms with E-state index < -0.39 is 0 Å². The third kappa shape index (κ3) is 4.17. The number of hydrogen-bond acceptors (Lipinski definition) is 2. The van der Waals surface area contributed by atoms with Gasteiger partial charge in [-0.1, -0.05) is 30.3 Å². The van der Waals surface area contributed by atoms with Crippen molar-refractivity contribution in [1.29, 1.82) is 0 Å². The van der Waals surface area contributed by atoms with E-state index in [9.17, 15) is 0 Å². The van der Waals surface area contributed by atoms with Crippen molar-refractivity contribution in [2.24, 2.45) is 7.05 Å². The molecule has 0 radical (unpaired) electrons. The first kappa shape index (κ1) is 14.7. The molecule has 0 bridgehead atoms. The second-order valence-electron chi connectivity index (χ2n) is 4.31. The molecule has 1 aromatic heterocycles. The Labute approximate surface area is 115 Å². The first-order valence-corrected chi connectivity index (χ1v) is 6.00. The standard InChI is InChI=1S/C14H19N3.ClH/c1-12-10-14(17(2)16-12)11-15-9-8-13-6-4-3-5-7-13;/h3-7,10,15H,8-9,11H2,1-2H3;1H. The van der Waals surface area contributed by atoms with Crippen LogP contribution in [0.2, 0.25) is 0 Å². The van der Waals surface area contributed by atoms with Gasteiger partial charge in [0, 0.05) is 13.6 Å². The number of aryl methyl sites for hydroxylation is 2. The molecule has 0 amide bonds. The number of nitrogens with one attached hydrogen (secondary N) is 1.